The Morgan fingerprint density at radius 3 is 2.67 bits per heavy atom. The summed E-state index contributed by atoms with van der Waals surface area (Å²) >= 11 is 5.94. The van der Waals surface area contributed by atoms with Crippen molar-refractivity contribution in [2.45, 2.75) is 18.5 Å². The van der Waals surface area contributed by atoms with Crippen molar-refractivity contribution in [3.8, 4) is 0 Å². The second-order valence-corrected chi connectivity index (χ2v) is 6.29. The molecule has 0 aliphatic carbocycles. The number of nitrogens with one attached hydrogen (secondary N) is 1. The van der Waals surface area contributed by atoms with Crippen molar-refractivity contribution >= 4 is 23.5 Å². The molecule has 3 rings (SSSR count). The monoisotopic (exact) mass is 348 g/mol. The zero-order valence-corrected chi connectivity index (χ0v) is 13.8. The largest absolute Gasteiger partial charge is 0.478 e. The zero-order valence-electron chi connectivity index (χ0n) is 13.0. The van der Waals surface area contributed by atoms with Crippen LogP contribution in [0.4, 0.5) is 0 Å². The lowest BCUT2D eigenvalue weighted by atomic mass is 10.00. The highest BCUT2D eigenvalue weighted by atomic mass is 35.5. The van der Waals surface area contributed by atoms with E-state index in [0.29, 0.717) is 5.02 Å². The Bertz CT molecular complexity index is 756. The molecular weight excluding hydrogens is 332 g/mol. The van der Waals surface area contributed by atoms with Crippen LogP contribution in [0.2, 0.25) is 5.02 Å². The number of aromatic carboxylic acids is 1. The number of carboxylic acids is 1. The third-order valence-corrected chi connectivity index (χ3v) is 4.50. The number of hydrogen-bond acceptors (Lipinski definition) is 4. The van der Waals surface area contributed by atoms with Crippen LogP contribution in [-0.2, 0) is 0 Å². The van der Waals surface area contributed by atoms with Gasteiger partial charge in [-0.05, 0) is 31.2 Å². The molecule has 0 radical (unpaired) electrons. The summed E-state index contributed by atoms with van der Waals surface area (Å²) in [6.45, 7) is 0.844. The van der Waals surface area contributed by atoms with Crippen molar-refractivity contribution in [1.29, 1.82) is 0 Å². The smallest absolute Gasteiger partial charge is 0.338 e. The molecule has 1 aromatic heterocycles. The summed E-state index contributed by atoms with van der Waals surface area (Å²) in [4.78, 5) is 25.4. The molecular formula is C17H17ClN2O4. The lowest BCUT2D eigenvalue weighted by Gasteiger charge is -2.26. The zero-order chi connectivity index (χ0) is 17.3. The van der Waals surface area contributed by atoms with E-state index in [1.807, 2.05) is 31.3 Å². The second kappa shape index (κ2) is 6.67. The minimum absolute atomic E-state index is 0.00295. The lowest BCUT2D eigenvalue weighted by molar-refractivity contribution is 0.0695. The number of likely N-dealkylation sites (N-methyl/N-ethyl adjacent to an activating group) is 1. The summed E-state index contributed by atoms with van der Waals surface area (Å²) in [5.74, 6) is -1.55. The average Bonchev–Trinajstić information content (AvgIpc) is 3.16. The maximum atomic E-state index is 12.3. The van der Waals surface area contributed by atoms with Crippen molar-refractivity contribution in [3.63, 3.8) is 0 Å². The van der Waals surface area contributed by atoms with Gasteiger partial charge in [0.15, 0.2) is 5.76 Å². The number of carboxylic acid groups (broad SMARTS) is 1. The number of furan rings is 1. The molecule has 2 atom stereocenters. The summed E-state index contributed by atoms with van der Waals surface area (Å²) in [6.07, 6.45) is 1.86. The number of likely N-dealkylation sites (tertiary alicyclic amines) is 1. The summed E-state index contributed by atoms with van der Waals surface area (Å²) in [5.41, 5.74) is 1.02. The normalized spacial score (nSPS) is 20.9. The Morgan fingerprint density at radius 2 is 2.04 bits per heavy atom. The molecule has 0 saturated carbocycles. The first-order valence-corrected chi connectivity index (χ1v) is 7.92. The fraction of sp³-hybridized carbons (Fsp3) is 0.294. The van der Waals surface area contributed by atoms with Crippen LogP contribution in [0.3, 0.4) is 0 Å². The van der Waals surface area contributed by atoms with Crippen LogP contribution in [-0.4, -0.2) is 41.5 Å². The Hall–Kier alpha value is -2.31. The van der Waals surface area contributed by atoms with E-state index in [0.717, 1.165) is 24.8 Å². The van der Waals surface area contributed by atoms with Crippen molar-refractivity contribution in [2.24, 2.45) is 0 Å². The van der Waals surface area contributed by atoms with Crippen LogP contribution in [0.1, 0.15) is 38.9 Å². The van der Waals surface area contributed by atoms with Gasteiger partial charge in [-0.2, -0.15) is 0 Å². The van der Waals surface area contributed by atoms with Crippen LogP contribution in [0.15, 0.2) is 41.0 Å². The van der Waals surface area contributed by atoms with Crippen LogP contribution in [0.25, 0.3) is 0 Å². The highest BCUT2D eigenvalue weighted by molar-refractivity contribution is 6.30. The lowest BCUT2D eigenvalue weighted by Crippen LogP contribution is -2.38. The summed E-state index contributed by atoms with van der Waals surface area (Å²) in [6, 6.07) is 8.71. The van der Waals surface area contributed by atoms with Crippen LogP contribution >= 0.6 is 11.6 Å². The fourth-order valence-electron chi connectivity index (χ4n) is 3.05. The number of amides is 1. The van der Waals surface area contributed by atoms with Crippen molar-refractivity contribution < 1.29 is 19.1 Å². The molecule has 1 saturated heterocycles. The SMILES string of the molecule is CN1CC[C@@H](NC(=O)c2cc(C(=O)O)co2)[C@@H]1c1ccc(Cl)cc1. The van der Waals surface area contributed by atoms with Gasteiger partial charge in [0.1, 0.15) is 6.26 Å². The number of rotatable bonds is 4. The van der Waals surface area contributed by atoms with E-state index in [1.54, 1.807) is 0 Å². The molecule has 7 heteroatoms. The molecule has 2 N–H and O–H groups in total. The molecule has 1 fully saturated rings. The van der Waals surface area contributed by atoms with Crippen LogP contribution < -0.4 is 5.32 Å². The van der Waals surface area contributed by atoms with E-state index in [2.05, 4.69) is 10.2 Å². The number of carbonyl (C=O) groups is 2. The third-order valence-electron chi connectivity index (χ3n) is 4.25. The maximum Gasteiger partial charge on any atom is 0.338 e. The molecule has 0 unspecified atom stereocenters. The van der Waals surface area contributed by atoms with Crippen LogP contribution in [0.5, 0.6) is 0 Å². The Kier molecular flexibility index (Phi) is 4.59. The summed E-state index contributed by atoms with van der Waals surface area (Å²) < 4.78 is 5.06. The number of carbonyl (C=O) groups excluding carboxylic acids is 1. The average molecular weight is 349 g/mol. The predicted molar refractivity (Wildman–Crippen MR) is 88.4 cm³/mol. The molecule has 1 aliphatic heterocycles. The fourth-order valence-corrected chi connectivity index (χ4v) is 3.18. The van der Waals surface area contributed by atoms with Gasteiger partial charge in [-0.15, -0.1) is 0 Å². The maximum absolute atomic E-state index is 12.3. The Morgan fingerprint density at radius 1 is 1.33 bits per heavy atom. The molecule has 0 spiro atoms. The highest BCUT2D eigenvalue weighted by Gasteiger charge is 2.34. The second-order valence-electron chi connectivity index (χ2n) is 5.85. The molecule has 24 heavy (non-hydrogen) atoms. The predicted octanol–water partition coefficient (Wildman–Crippen LogP) is 2.81. The van der Waals surface area contributed by atoms with Crippen molar-refractivity contribution in [3.05, 3.63) is 58.5 Å². The highest BCUT2D eigenvalue weighted by Crippen LogP contribution is 2.31. The molecule has 6 nitrogen and oxygen atoms in total. The van der Waals surface area contributed by atoms with E-state index in [9.17, 15) is 9.59 Å². The summed E-state index contributed by atoms with van der Waals surface area (Å²) in [7, 11) is 2.00. The van der Waals surface area contributed by atoms with Gasteiger partial charge in [-0.3, -0.25) is 9.69 Å². The van der Waals surface area contributed by atoms with E-state index >= 15 is 0 Å². The van der Waals surface area contributed by atoms with Gasteiger partial charge in [0.05, 0.1) is 17.6 Å². The van der Waals surface area contributed by atoms with Crippen LogP contribution in [0, 0.1) is 0 Å². The van der Waals surface area contributed by atoms with Crippen molar-refractivity contribution in [2.75, 3.05) is 13.6 Å². The first-order valence-electron chi connectivity index (χ1n) is 7.54. The number of benzene rings is 1. The van der Waals surface area contributed by atoms with Gasteiger partial charge in [-0.25, -0.2) is 4.79 Å². The first-order chi connectivity index (χ1) is 11.5. The molecule has 0 bridgehead atoms. The minimum atomic E-state index is -1.13. The van der Waals surface area contributed by atoms with E-state index in [4.69, 9.17) is 21.1 Å². The number of hydrogen-bond donors (Lipinski definition) is 2. The standard InChI is InChI=1S/C17H17ClN2O4/c1-20-7-6-13(15(20)10-2-4-12(18)5-3-10)19-16(21)14-8-11(9-24-14)17(22)23/h2-5,8-9,13,15H,6-7H2,1H3,(H,19,21)(H,22,23)/t13-,15+/m1/s1. The molecule has 2 heterocycles. The van der Waals surface area contributed by atoms with E-state index < -0.39 is 11.9 Å². The van der Waals surface area contributed by atoms with Gasteiger partial charge in [-0.1, -0.05) is 23.7 Å². The van der Waals surface area contributed by atoms with E-state index in [-0.39, 0.29) is 23.4 Å². The summed E-state index contributed by atoms with van der Waals surface area (Å²) in [5, 5.41) is 12.5. The van der Waals surface area contributed by atoms with Gasteiger partial charge in [0.25, 0.3) is 5.91 Å². The quantitative estimate of drug-likeness (QED) is 0.887. The molecule has 126 valence electrons. The number of halogens is 1. The van der Waals surface area contributed by atoms with Gasteiger partial charge in [0.2, 0.25) is 0 Å². The van der Waals surface area contributed by atoms with Gasteiger partial charge in [0, 0.05) is 17.6 Å². The third kappa shape index (κ3) is 3.29. The van der Waals surface area contributed by atoms with Gasteiger partial charge >= 0.3 is 5.97 Å². The van der Waals surface area contributed by atoms with E-state index in [1.165, 1.54) is 6.07 Å². The topological polar surface area (TPSA) is 82.8 Å². The first kappa shape index (κ1) is 16.5. The molecule has 1 amide bonds. The Labute approximate surface area is 144 Å². The molecule has 1 aliphatic rings. The molecule has 2 aromatic rings. The van der Waals surface area contributed by atoms with Crippen molar-refractivity contribution in [1.82, 2.24) is 10.2 Å². The molecule has 1 aromatic carbocycles. The van der Waals surface area contributed by atoms with Gasteiger partial charge < -0.3 is 14.8 Å². The number of nitrogens with zero attached hydrogens (tertiary/aromatic N) is 1. The Balaban J connectivity index is 1.76. The minimum Gasteiger partial charge on any atom is -0.478 e.